The molecule has 1 N–H and O–H groups in total. The molecule has 214 valence electrons. The zero-order valence-electron chi connectivity index (χ0n) is 23.3. The number of hydrogen-bond donors (Lipinski definition) is 1. The number of carbonyl (C=O) groups excluding carboxylic acids is 2. The highest BCUT2D eigenvalue weighted by molar-refractivity contribution is 7.99. The van der Waals surface area contributed by atoms with Gasteiger partial charge >= 0.3 is 0 Å². The number of hydrogen-bond acceptors (Lipinski definition) is 5. The second-order valence-electron chi connectivity index (χ2n) is 10.6. The second kappa shape index (κ2) is 13.0. The highest BCUT2D eigenvalue weighted by atomic mass is 35.5. The molecule has 2 heterocycles. The zero-order chi connectivity index (χ0) is 28.9. The summed E-state index contributed by atoms with van der Waals surface area (Å²) >= 11 is 7.81. The van der Waals surface area contributed by atoms with Crippen molar-refractivity contribution in [3.63, 3.8) is 0 Å². The molecule has 8 heteroatoms. The van der Waals surface area contributed by atoms with E-state index in [-0.39, 0.29) is 11.8 Å². The average Bonchev–Trinajstić information content (AvgIpc) is 3.14. The third-order valence-electron chi connectivity index (χ3n) is 7.75. The highest BCUT2D eigenvalue weighted by Gasteiger charge is 2.28. The van der Waals surface area contributed by atoms with Crippen LogP contribution >= 0.6 is 23.4 Å². The summed E-state index contributed by atoms with van der Waals surface area (Å²) in [6.07, 6.45) is 0.882. The number of nitrogens with one attached hydrogen (secondary N) is 1. The van der Waals surface area contributed by atoms with Gasteiger partial charge in [-0.1, -0.05) is 65.8 Å². The number of fused-ring (bicyclic) bond motifs is 2. The molecule has 4 aromatic rings. The first-order valence-corrected chi connectivity index (χ1v) is 15.5. The fraction of sp³-hybridized carbons (Fsp3) is 0.235. The monoisotopic (exact) mass is 596 g/mol. The number of para-hydroxylation sites is 1. The van der Waals surface area contributed by atoms with Crippen molar-refractivity contribution in [3.05, 3.63) is 119 Å². The molecule has 42 heavy (non-hydrogen) atoms. The van der Waals surface area contributed by atoms with Crippen LogP contribution in [0.3, 0.4) is 0 Å². The third kappa shape index (κ3) is 6.49. The maximum absolute atomic E-state index is 13.8. The van der Waals surface area contributed by atoms with Crippen LogP contribution in [0.4, 0.5) is 11.4 Å². The second-order valence-corrected chi connectivity index (χ2v) is 12.1. The minimum atomic E-state index is -0.131. The van der Waals surface area contributed by atoms with Crippen molar-refractivity contribution < 1.29 is 9.59 Å². The Kier molecular flexibility index (Phi) is 8.79. The van der Waals surface area contributed by atoms with Crippen LogP contribution in [0, 0.1) is 0 Å². The fourth-order valence-corrected chi connectivity index (χ4v) is 6.78. The first-order chi connectivity index (χ1) is 20.5. The van der Waals surface area contributed by atoms with Gasteiger partial charge in [0.1, 0.15) is 0 Å². The molecular weight excluding hydrogens is 564 g/mol. The molecule has 0 saturated carbocycles. The normalized spacial score (nSPS) is 15.1. The van der Waals surface area contributed by atoms with Crippen molar-refractivity contribution in [3.8, 4) is 0 Å². The standard InChI is InChI=1S/C34H33ClN4O2S/c35-27-9-6-8-25(22-27)24-39-30-23-26(14-15-32(30)42-31-13-5-4-12-29(31)34(39)41)33(40)36-16-7-17-37-18-20-38(21-19-37)28-10-2-1-3-11-28/h1-6,8-15,22-23H,7,16-21,24H2,(H,36,40). The summed E-state index contributed by atoms with van der Waals surface area (Å²) in [6, 6.07) is 31.4. The van der Waals surface area contributed by atoms with Crippen LogP contribution in [-0.4, -0.2) is 56.0 Å². The summed E-state index contributed by atoms with van der Waals surface area (Å²) in [7, 11) is 0. The van der Waals surface area contributed by atoms with Gasteiger partial charge in [0.2, 0.25) is 0 Å². The van der Waals surface area contributed by atoms with Crippen LogP contribution in [-0.2, 0) is 6.54 Å². The maximum atomic E-state index is 13.8. The lowest BCUT2D eigenvalue weighted by atomic mass is 10.1. The maximum Gasteiger partial charge on any atom is 0.259 e. The molecule has 2 amide bonds. The number of anilines is 2. The van der Waals surface area contributed by atoms with E-state index >= 15 is 0 Å². The molecule has 4 aromatic carbocycles. The van der Waals surface area contributed by atoms with Crippen LogP contribution in [0.2, 0.25) is 5.02 Å². The minimum Gasteiger partial charge on any atom is -0.369 e. The Morgan fingerprint density at radius 2 is 1.62 bits per heavy atom. The summed E-state index contributed by atoms with van der Waals surface area (Å²) in [5.41, 5.74) is 4.12. The van der Waals surface area contributed by atoms with Gasteiger partial charge in [-0.3, -0.25) is 14.5 Å². The zero-order valence-corrected chi connectivity index (χ0v) is 24.9. The van der Waals surface area contributed by atoms with Gasteiger partial charge in [0, 0.05) is 58.8 Å². The van der Waals surface area contributed by atoms with Gasteiger partial charge in [-0.2, -0.15) is 0 Å². The van der Waals surface area contributed by atoms with E-state index in [9.17, 15) is 9.59 Å². The van der Waals surface area contributed by atoms with Crippen LogP contribution in [0.1, 0.15) is 32.7 Å². The smallest absolute Gasteiger partial charge is 0.259 e. The number of nitrogens with zero attached hydrogens (tertiary/aromatic N) is 3. The highest BCUT2D eigenvalue weighted by Crippen LogP contribution is 2.42. The first kappa shape index (κ1) is 28.3. The molecule has 0 bridgehead atoms. The van der Waals surface area contributed by atoms with E-state index in [1.165, 1.54) is 5.69 Å². The molecule has 0 atom stereocenters. The summed E-state index contributed by atoms with van der Waals surface area (Å²) in [6.45, 7) is 5.96. The van der Waals surface area contributed by atoms with E-state index in [2.05, 4.69) is 39.4 Å². The summed E-state index contributed by atoms with van der Waals surface area (Å²) < 4.78 is 0. The van der Waals surface area contributed by atoms with Crippen LogP contribution < -0.4 is 15.1 Å². The van der Waals surface area contributed by atoms with E-state index in [0.29, 0.717) is 29.2 Å². The molecule has 1 saturated heterocycles. The Morgan fingerprint density at radius 1 is 0.833 bits per heavy atom. The number of piperazine rings is 1. The van der Waals surface area contributed by atoms with Crippen molar-refractivity contribution >= 4 is 46.6 Å². The molecule has 0 aromatic heterocycles. The third-order valence-corrected chi connectivity index (χ3v) is 9.13. The lowest BCUT2D eigenvalue weighted by Gasteiger charge is -2.36. The molecule has 0 unspecified atom stereocenters. The predicted molar refractivity (Wildman–Crippen MR) is 171 cm³/mol. The summed E-state index contributed by atoms with van der Waals surface area (Å²) in [5.74, 6) is -0.227. The minimum absolute atomic E-state index is 0.0956. The molecule has 1 fully saturated rings. The molecule has 2 aliphatic heterocycles. The first-order valence-electron chi connectivity index (χ1n) is 14.3. The lowest BCUT2D eigenvalue weighted by molar-refractivity contribution is 0.0948. The molecule has 6 nitrogen and oxygen atoms in total. The quantitative estimate of drug-likeness (QED) is 0.233. The van der Waals surface area contributed by atoms with E-state index < -0.39 is 0 Å². The topological polar surface area (TPSA) is 55.9 Å². The largest absolute Gasteiger partial charge is 0.369 e. The van der Waals surface area contributed by atoms with Crippen LogP contribution in [0.25, 0.3) is 0 Å². The van der Waals surface area contributed by atoms with Gasteiger partial charge in [-0.25, -0.2) is 0 Å². The summed E-state index contributed by atoms with van der Waals surface area (Å²) in [5, 5.41) is 3.71. The van der Waals surface area contributed by atoms with Crippen molar-refractivity contribution in [2.45, 2.75) is 22.8 Å². The number of benzene rings is 4. The SMILES string of the molecule is O=C(NCCCN1CCN(c2ccccc2)CC1)c1ccc2c(c1)N(Cc1cccc(Cl)c1)C(=O)c1ccccc1S2. The van der Waals surface area contributed by atoms with E-state index in [1.54, 1.807) is 16.7 Å². The van der Waals surface area contributed by atoms with Crippen molar-refractivity contribution in [2.75, 3.05) is 49.1 Å². The number of rotatable bonds is 8. The Bertz CT molecular complexity index is 1570. The van der Waals surface area contributed by atoms with E-state index in [1.807, 2.05) is 72.8 Å². The van der Waals surface area contributed by atoms with E-state index in [0.717, 1.165) is 60.2 Å². The molecule has 0 aliphatic carbocycles. The Hall–Kier alpha value is -3.78. The Balaban J connectivity index is 1.10. The van der Waals surface area contributed by atoms with Gasteiger partial charge in [-0.15, -0.1) is 0 Å². The van der Waals surface area contributed by atoms with Crippen LogP contribution in [0.5, 0.6) is 0 Å². The number of halogens is 1. The average molecular weight is 597 g/mol. The van der Waals surface area contributed by atoms with Crippen LogP contribution in [0.15, 0.2) is 107 Å². The van der Waals surface area contributed by atoms with Gasteiger partial charge in [-0.05, 0) is 73.1 Å². The van der Waals surface area contributed by atoms with Gasteiger partial charge in [0.05, 0.1) is 17.8 Å². The Morgan fingerprint density at radius 3 is 2.43 bits per heavy atom. The fourth-order valence-electron chi connectivity index (χ4n) is 5.51. The molecule has 0 radical (unpaired) electrons. The molecular formula is C34H33ClN4O2S. The van der Waals surface area contributed by atoms with Crippen molar-refractivity contribution in [1.82, 2.24) is 10.2 Å². The lowest BCUT2D eigenvalue weighted by Crippen LogP contribution is -2.47. The predicted octanol–water partition coefficient (Wildman–Crippen LogP) is 6.59. The number of carbonyl (C=O) groups is 2. The molecule has 0 spiro atoms. The van der Waals surface area contributed by atoms with Gasteiger partial charge in [0.15, 0.2) is 0 Å². The number of amides is 2. The summed E-state index contributed by atoms with van der Waals surface area (Å²) in [4.78, 5) is 35.5. The van der Waals surface area contributed by atoms with Gasteiger partial charge < -0.3 is 15.1 Å². The molecule has 6 rings (SSSR count). The van der Waals surface area contributed by atoms with E-state index in [4.69, 9.17) is 11.6 Å². The van der Waals surface area contributed by atoms with Crippen molar-refractivity contribution in [2.24, 2.45) is 0 Å². The van der Waals surface area contributed by atoms with Crippen molar-refractivity contribution in [1.29, 1.82) is 0 Å². The molecule has 2 aliphatic rings. The Labute approximate surface area is 256 Å². The van der Waals surface area contributed by atoms with Gasteiger partial charge in [0.25, 0.3) is 11.8 Å².